The van der Waals surface area contributed by atoms with Gasteiger partial charge in [-0.3, -0.25) is 9.59 Å². The number of ketones is 1. The predicted octanol–water partition coefficient (Wildman–Crippen LogP) is 3.93. The molecule has 0 unspecified atom stereocenters. The smallest absolute Gasteiger partial charge is 0.253 e. The summed E-state index contributed by atoms with van der Waals surface area (Å²) in [7, 11) is 0. The van der Waals surface area contributed by atoms with E-state index in [0.717, 1.165) is 38.8 Å². The zero-order valence-electron chi connectivity index (χ0n) is 12.8. The van der Waals surface area contributed by atoms with Gasteiger partial charge in [0.25, 0.3) is 5.91 Å². The van der Waals surface area contributed by atoms with Crippen LogP contribution in [0.5, 0.6) is 0 Å². The summed E-state index contributed by atoms with van der Waals surface area (Å²) in [4.78, 5) is 25.7. The van der Waals surface area contributed by atoms with Crippen molar-refractivity contribution in [3.8, 4) is 0 Å². The molecule has 0 aliphatic rings. The van der Waals surface area contributed by atoms with Gasteiger partial charge in [0.15, 0.2) is 5.78 Å². The summed E-state index contributed by atoms with van der Waals surface area (Å²) in [6.07, 6.45) is 4.22. The Labute approximate surface area is 122 Å². The Hall–Kier alpha value is -1.64. The van der Waals surface area contributed by atoms with E-state index in [2.05, 4.69) is 13.8 Å². The number of Topliss-reactive ketones (excluding diaryl/α,β-unsaturated/α-hetero) is 1. The van der Waals surface area contributed by atoms with Crippen LogP contribution in [0.15, 0.2) is 24.3 Å². The van der Waals surface area contributed by atoms with E-state index in [1.807, 2.05) is 4.90 Å². The van der Waals surface area contributed by atoms with Crippen molar-refractivity contribution in [2.45, 2.75) is 46.5 Å². The van der Waals surface area contributed by atoms with E-state index in [9.17, 15) is 9.59 Å². The average Bonchev–Trinajstić information content (AvgIpc) is 2.47. The Morgan fingerprint density at radius 2 is 1.35 bits per heavy atom. The molecule has 0 heterocycles. The van der Waals surface area contributed by atoms with Crippen LogP contribution in [0.25, 0.3) is 0 Å². The highest BCUT2D eigenvalue weighted by Crippen LogP contribution is 2.10. The lowest BCUT2D eigenvalue weighted by molar-refractivity contribution is 0.0750. The van der Waals surface area contributed by atoms with Crippen LogP contribution >= 0.6 is 0 Å². The lowest BCUT2D eigenvalue weighted by Crippen LogP contribution is -2.32. The lowest BCUT2D eigenvalue weighted by Gasteiger charge is -2.22. The fourth-order valence-electron chi connectivity index (χ4n) is 2.04. The molecule has 0 N–H and O–H groups in total. The molecule has 0 aromatic heterocycles. The number of carbonyl (C=O) groups is 2. The van der Waals surface area contributed by atoms with Gasteiger partial charge in [0.05, 0.1) is 0 Å². The van der Waals surface area contributed by atoms with Crippen molar-refractivity contribution >= 4 is 11.7 Å². The number of hydrogen-bond acceptors (Lipinski definition) is 2. The maximum Gasteiger partial charge on any atom is 0.253 e. The van der Waals surface area contributed by atoms with Gasteiger partial charge >= 0.3 is 0 Å². The van der Waals surface area contributed by atoms with Crippen LogP contribution in [0.1, 0.15) is 67.2 Å². The molecule has 0 fully saturated rings. The maximum absolute atomic E-state index is 12.5. The van der Waals surface area contributed by atoms with Crippen LogP contribution in [0.3, 0.4) is 0 Å². The van der Waals surface area contributed by atoms with Gasteiger partial charge in [-0.25, -0.2) is 0 Å². The molecule has 0 saturated carbocycles. The Bertz CT molecular complexity index is 429. The van der Waals surface area contributed by atoms with Crippen LogP contribution in [-0.4, -0.2) is 29.7 Å². The van der Waals surface area contributed by atoms with Crippen molar-refractivity contribution in [3.63, 3.8) is 0 Å². The summed E-state index contributed by atoms with van der Waals surface area (Å²) in [6.45, 7) is 7.41. The standard InChI is InChI=1S/C17H25NO2/c1-4-6-12-18(13-7-5-2)17(20)16-10-8-15(9-11-16)14(3)19/h8-11H,4-7,12-13H2,1-3H3. The molecular formula is C17H25NO2. The molecule has 0 aliphatic carbocycles. The molecule has 3 heteroatoms. The largest absolute Gasteiger partial charge is 0.339 e. The zero-order chi connectivity index (χ0) is 15.0. The second kappa shape index (κ2) is 8.51. The monoisotopic (exact) mass is 275 g/mol. The third kappa shape index (κ3) is 4.80. The van der Waals surface area contributed by atoms with E-state index in [-0.39, 0.29) is 11.7 Å². The van der Waals surface area contributed by atoms with Gasteiger partial charge in [-0.1, -0.05) is 38.8 Å². The number of unbranched alkanes of at least 4 members (excludes halogenated alkanes) is 2. The van der Waals surface area contributed by atoms with E-state index in [1.165, 1.54) is 6.92 Å². The molecule has 1 amide bonds. The molecule has 0 spiro atoms. The van der Waals surface area contributed by atoms with Gasteiger partial charge in [-0.15, -0.1) is 0 Å². The summed E-state index contributed by atoms with van der Waals surface area (Å²) >= 11 is 0. The minimum atomic E-state index is 0.0258. The first kappa shape index (κ1) is 16.4. The van der Waals surface area contributed by atoms with Crippen molar-refractivity contribution in [1.29, 1.82) is 0 Å². The van der Waals surface area contributed by atoms with Crippen molar-refractivity contribution in [1.82, 2.24) is 4.90 Å². The summed E-state index contributed by atoms with van der Waals surface area (Å²) in [6, 6.07) is 6.97. The first-order chi connectivity index (χ1) is 9.60. The molecule has 0 radical (unpaired) electrons. The number of rotatable bonds is 8. The second-order valence-corrected chi connectivity index (χ2v) is 5.13. The molecular weight excluding hydrogens is 250 g/mol. The maximum atomic E-state index is 12.5. The quantitative estimate of drug-likeness (QED) is 0.674. The number of nitrogens with zero attached hydrogens (tertiary/aromatic N) is 1. The minimum absolute atomic E-state index is 0.0258. The van der Waals surface area contributed by atoms with Gasteiger partial charge in [0.1, 0.15) is 0 Å². The summed E-state index contributed by atoms with van der Waals surface area (Å²) in [5.74, 6) is 0.0971. The van der Waals surface area contributed by atoms with Crippen molar-refractivity contribution in [3.05, 3.63) is 35.4 Å². The summed E-state index contributed by atoms with van der Waals surface area (Å²) < 4.78 is 0. The molecule has 1 rings (SSSR count). The fraction of sp³-hybridized carbons (Fsp3) is 0.529. The Balaban J connectivity index is 2.78. The second-order valence-electron chi connectivity index (χ2n) is 5.13. The molecule has 1 aromatic carbocycles. The summed E-state index contributed by atoms with van der Waals surface area (Å²) in [5.41, 5.74) is 1.32. The third-order valence-corrected chi connectivity index (χ3v) is 3.39. The van der Waals surface area contributed by atoms with Crippen molar-refractivity contribution in [2.24, 2.45) is 0 Å². The number of amides is 1. The topological polar surface area (TPSA) is 37.4 Å². The molecule has 0 aliphatic heterocycles. The highest BCUT2D eigenvalue weighted by Gasteiger charge is 2.14. The average molecular weight is 275 g/mol. The Morgan fingerprint density at radius 1 is 0.900 bits per heavy atom. The first-order valence-corrected chi connectivity index (χ1v) is 7.50. The fourth-order valence-corrected chi connectivity index (χ4v) is 2.04. The normalized spacial score (nSPS) is 10.3. The first-order valence-electron chi connectivity index (χ1n) is 7.50. The number of carbonyl (C=O) groups excluding carboxylic acids is 2. The molecule has 110 valence electrons. The zero-order valence-corrected chi connectivity index (χ0v) is 12.8. The van der Waals surface area contributed by atoms with E-state index in [0.29, 0.717) is 11.1 Å². The van der Waals surface area contributed by atoms with Crippen molar-refractivity contribution in [2.75, 3.05) is 13.1 Å². The van der Waals surface area contributed by atoms with Crippen LogP contribution in [-0.2, 0) is 0 Å². The van der Waals surface area contributed by atoms with Gasteiger partial charge in [0.2, 0.25) is 0 Å². The van der Waals surface area contributed by atoms with Gasteiger partial charge < -0.3 is 4.90 Å². The molecule has 1 aromatic rings. The molecule has 0 bridgehead atoms. The van der Waals surface area contributed by atoms with E-state index in [1.54, 1.807) is 24.3 Å². The van der Waals surface area contributed by atoms with E-state index in [4.69, 9.17) is 0 Å². The number of benzene rings is 1. The predicted molar refractivity (Wildman–Crippen MR) is 82.2 cm³/mol. The highest BCUT2D eigenvalue weighted by molar-refractivity contribution is 5.97. The van der Waals surface area contributed by atoms with E-state index < -0.39 is 0 Å². The highest BCUT2D eigenvalue weighted by atomic mass is 16.2. The SMILES string of the molecule is CCCCN(CCCC)C(=O)c1ccc(C(C)=O)cc1. The third-order valence-electron chi connectivity index (χ3n) is 3.39. The Morgan fingerprint density at radius 3 is 1.75 bits per heavy atom. The number of hydrogen-bond donors (Lipinski definition) is 0. The van der Waals surface area contributed by atoms with Gasteiger partial charge in [-0.05, 0) is 31.9 Å². The van der Waals surface area contributed by atoms with Crippen molar-refractivity contribution < 1.29 is 9.59 Å². The minimum Gasteiger partial charge on any atom is -0.339 e. The van der Waals surface area contributed by atoms with Gasteiger partial charge in [-0.2, -0.15) is 0 Å². The summed E-state index contributed by atoms with van der Waals surface area (Å²) in [5, 5.41) is 0. The lowest BCUT2D eigenvalue weighted by atomic mass is 10.1. The van der Waals surface area contributed by atoms with Gasteiger partial charge in [0, 0.05) is 24.2 Å². The Kier molecular flexibility index (Phi) is 6.99. The van der Waals surface area contributed by atoms with Crippen LogP contribution in [0.4, 0.5) is 0 Å². The molecule has 3 nitrogen and oxygen atoms in total. The van der Waals surface area contributed by atoms with Crippen LogP contribution < -0.4 is 0 Å². The van der Waals surface area contributed by atoms with Crippen LogP contribution in [0.2, 0.25) is 0 Å². The van der Waals surface area contributed by atoms with E-state index >= 15 is 0 Å². The molecule has 20 heavy (non-hydrogen) atoms. The molecule has 0 saturated heterocycles. The van der Waals surface area contributed by atoms with Crippen LogP contribution in [0, 0.1) is 0 Å². The molecule has 0 atom stereocenters.